The van der Waals surface area contributed by atoms with Gasteiger partial charge in [0, 0.05) is 52.7 Å². The average Bonchev–Trinajstić information content (AvgIpc) is 3.54. The molecule has 0 bridgehead atoms. The van der Waals surface area contributed by atoms with E-state index in [0.29, 0.717) is 24.4 Å². The number of hydrogen-bond acceptors (Lipinski definition) is 6. The highest BCUT2D eigenvalue weighted by Crippen LogP contribution is 2.33. The summed E-state index contributed by atoms with van der Waals surface area (Å²) in [5.74, 6) is 1.65. The molecular weight excluding hydrogens is 482 g/mol. The maximum Gasteiger partial charge on any atom is 0.253 e. The molecule has 0 amide bonds. The molecule has 0 atom stereocenters. The van der Waals surface area contributed by atoms with Crippen LogP contribution in [0.2, 0.25) is 5.02 Å². The number of ether oxygens (including phenoxy) is 2. The lowest BCUT2D eigenvalue weighted by Crippen LogP contribution is -2.39. The first kappa shape index (κ1) is 22.5. The van der Waals surface area contributed by atoms with Gasteiger partial charge < -0.3 is 19.4 Å². The van der Waals surface area contributed by atoms with Gasteiger partial charge in [-0.25, -0.2) is 0 Å². The smallest absolute Gasteiger partial charge is 0.253 e. The zero-order valence-corrected chi connectivity index (χ0v) is 20.8. The van der Waals surface area contributed by atoms with E-state index < -0.39 is 0 Å². The van der Waals surface area contributed by atoms with Crippen LogP contribution in [0.4, 0.5) is 5.69 Å². The summed E-state index contributed by atoms with van der Waals surface area (Å²) in [6.45, 7) is 3.72. The Hall–Kier alpha value is -3.00. The van der Waals surface area contributed by atoms with Gasteiger partial charge in [-0.1, -0.05) is 23.7 Å². The van der Waals surface area contributed by atoms with E-state index >= 15 is 0 Å². The van der Waals surface area contributed by atoms with Crippen LogP contribution < -0.4 is 20.3 Å². The number of fused-ring (bicyclic) bond motifs is 2. The minimum Gasteiger partial charge on any atom is -0.454 e. The Morgan fingerprint density at radius 2 is 1.86 bits per heavy atom. The van der Waals surface area contributed by atoms with E-state index in [1.54, 1.807) is 17.4 Å². The molecule has 0 radical (unpaired) electrons. The fourth-order valence-corrected chi connectivity index (χ4v) is 5.82. The molecule has 1 N–H and O–H groups in total. The number of anilines is 1. The molecule has 6 rings (SSSR count). The summed E-state index contributed by atoms with van der Waals surface area (Å²) in [5.41, 5.74) is 2.99. The lowest BCUT2D eigenvalue weighted by atomic mass is 10.0. The van der Waals surface area contributed by atoms with Crippen molar-refractivity contribution in [2.24, 2.45) is 0 Å². The average molecular weight is 508 g/mol. The molecule has 1 fully saturated rings. The minimum absolute atomic E-state index is 0.00373. The van der Waals surface area contributed by atoms with Gasteiger partial charge in [0.15, 0.2) is 11.5 Å². The Morgan fingerprint density at radius 3 is 2.69 bits per heavy atom. The number of piperidine rings is 1. The fourth-order valence-electron chi connectivity index (χ4n) is 4.95. The van der Waals surface area contributed by atoms with Crippen LogP contribution in [-0.2, 0) is 13.1 Å². The Morgan fingerprint density at radius 1 is 1.00 bits per heavy atom. The number of nitrogens with zero attached hydrogens (tertiary/aromatic N) is 2. The summed E-state index contributed by atoms with van der Waals surface area (Å²) in [7, 11) is 0. The normalized spacial score (nSPS) is 16.1. The van der Waals surface area contributed by atoms with Gasteiger partial charge in [-0.05, 0) is 60.2 Å². The molecule has 0 saturated carbocycles. The number of nitrogens with one attached hydrogen (secondary N) is 1. The second-order valence-electron chi connectivity index (χ2n) is 9.11. The molecule has 6 nitrogen and oxygen atoms in total. The van der Waals surface area contributed by atoms with Crippen LogP contribution in [0.5, 0.6) is 11.5 Å². The first-order valence-corrected chi connectivity index (χ1v) is 13.1. The molecular formula is C27H26ClN3O3S. The number of benzene rings is 2. The van der Waals surface area contributed by atoms with Crippen LogP contribution >= 0.6 is 22.9 Å². The highest BCUT2D eigenvalue weighted by Gasteiger charge is 2.22. The Kier molecular flexibility index (Phi) is 6.14. The molecule has 1 saturated heterocycles. The third kappa shape index (κ3) is 4.76. The number of rotatable bonds is 6. The third-order valence-corrected chi connectivity index (χ3v) is 7.85. The van der Waals surface area contributed by atoms with Gasteiger partial charge in [-0.15, -0.1) is 11.3 Å². The first-order chi connectivity index (χ1) is 17.1. The Bertz CT molecular complexity index is 1410. The minimum atomic E-state index is -0.00373. The quantitative estimate of drug-likeness (QED) is 0.370. The fraction of sp³-hybridized carbons (Fsp3) is 0.296. The van der Waals surface area contributed by atoms with Gasteiger partial charge in [0.2, 0.25) is 6.79 Å². The van der Waals surface area contributed by atoms with E-state index in [0.717, 1.165) is 65.4 Å². The standard InChI is InChI=1S/C27H26ClN3O3S/c28-19-4-5-24-22(13-19)23(14-27(32)31(24)16-21-2-1-11-35-21)29-20-7-9-30(10-8-20)15-18-3-6-25-26(12-18)34-17-33-25/h1-6,11-14,20,29H,7-10,15-17H2. The Labute approximate surface area is 212 Å². The number of pyridine rings is 1. The summed E-state index contributed by atoms with van der Waals surface area (Å²) < 4.78 is 12.8. The molecule has 8 heteroatoms. The lowest BCUT2D eigenvalue weighted by molar-refractivity contribution is 0.173. The van der Waals surface area contributed by atoms with E-state index in [4.69, 9.17) is 21.1 Å². The zero-order valence-electron chi connectivity index (χ0n) is 19.2. The van der Waals surface area contributed by atoms with Gasteiger partial charge in [0.25, 0.3) is 5.56 Å². The monoisotopic (exact) mass is 507 g/mol. The molecule has 0 unspecified atom stereocenters. The van der Waals surface area contributed by atoms with Crippen molar-refractivity contribution in [3.05, 3.63) is 85.8 Å². The van der Waals surface area contributed by atoms with Gasteiger partial charge in [0.1, 0.15) is 0 Å². The number of aromatic nitrogens is 1. The molecule has 2 aromatic carbocycles. The molecule has 180 valence electrons. The SMILES string of the molecule is O=c1cc(NC2CCN(Cc3ccc4c(c3)OCO4)CC2)c2cc(Cl)ccc2n1Cc1cccs1. The molecule has 35 heavy (non-hydrogen) atoms. The number of thiophene rings is 1. The molecule has 2 aromatic heterocycles. The van der Waals surface area contributed by atoms with Crippen molar-refractivity contribution in [2.75, 3.05) is 25.2 Å². The third-order valence-electron chi connectivity index (χ3n) is 6.76. The van der Waals surface area contributed by atoms with Crippen molar-refractivity contribution in [2.45, 2.75) is 32.0 Å². The summed E-state index contributed by atoms with van der Waals surface area (Å²) in [5, 5.41) is 7.35. The van der Waals surface area contributed by atoms with Crippen molar-refractivity contribution in [3.8, 4) is 11.5 Å². The van der Waals surface area contributed by atoms with Crippen LogP contribution in [0.3, 0.4) is 0 Å². The van der Waals surface area contributed by atoms with E-state index in [9.17, 15) is 4.79 Å². The van der Waals surface area contributed by atoms with E-state index in [1.807, 2.05) is 40.3 Å². The summed E-state index contributed by atoms with van der Waals surface area (Å²) in [4.78, 5) is 16.7. The lowest BCUT2D eigenvalue weighted by Gasteiger charge is -2.33. The summed E-state index contributed by atoms with van der Waals surface area (Å²) in [6.07, 6.45) is 2.01. The van der Waals surface area contributed by atoms with Crippen molar-refractivity contribution in [1.29, 1.82) is 0 Å². The van der Waals surface area contributed by atoms with Crippen molar-refractivity contribution >= 4 is 39.5 Å². The molecule has 2 aliphatic heterocycles. The second kappa shape index (κ2) is 9.57. The maximum absolute atomic E-state index is 13.1. The van der Waals surface area contributed by atoms with Gasteiger partial charge in [-0.2, -0.15) is 0 Å². The molecule has 4 heterocycles. The van der Waals surface area contributed by atoms with Crippen molar-refractivity contribution < 1.29 is 9.47 Å². The van der Waals surface area contributed by atoms with E-state index in [1.165, 1.54) is 5.56 Å². The topological polar surface area (TPSA) is 55.7 Å². The van der Waals surface area contributed by atoms with Crippen LogP contribution in [0.1, 0.15) is 23.3 Å². The van der Waals surface area contributed by atoms with Gasteiger partial charge in [0.05, 0.1) is 12.1 Å². The predicted molar refractivity (Wildman–Crippen MR) is 141 cm³/mol. The highest BCUT2D eigenvalue weighted by molar-refractivity contribution is 7.09. The van der Waals surface area contributed by atoms with Crippen LogP contribution in [0, 0.1) is 0 Å². The van der Waals surface area contributed by atoms with Gasteiger partial charge in [-0.3, -0.25) is 9.69 Å². The number of halogens is 1. The van der Waals surface area contributed by atoms with Crippen LogP contribution in [-0.4, -0.2) is 35.4 Å². The van der Waals surface area contributed by atoms with Crippen LogP contribution in [0.25, 0.3) is 10.9 Å². The predicted octanol–water partition coefficient (Wildman–Crippen LogP) is 5.57. The second-order valence-corrected chi connectivity index (χ2v) is 10.6. The summed E-state index contributed by atoms with van der Waals surface area (Å²) in [6, 6.07) is 18.0. The van der Waals surface area contributed by atoms with Crippen LogP contribution in [0.15, 0.2) is 64.8 Å². The molecule has 0 aliphatic carbocycles. The van der Waals surface area contributed by atoms with Crippen molar-refractivity contribution in [1.82, 2.24) is 9.47 Å². The van der Waals surface area contributed by atoms with Crippen molar-refractivity contribution in [3.63, 3.8) is 0 Å². The number of likely N-dealkylation sites (tertiary alicyclic amines) is 1. The molecule has 2 aliphatic rings. The van der Waals surface area contributed by atoms with Gasteiger partial charge >= 0.3 is 0 Å². The number of hydrogen-bond donors (Lipinski definition) is 1. The molecule has 0 spiro atoms. The maximum atomic E-state index is 13.1. The summed E-state index contributed by atoms with van der Waals surface area (Å²) >= 11 is 8.02. The van der Waals surface area contributed by atoms with E-state index in [2.05, 4.69) is 28.4 Å². The first-order valence-electron chi connectivity index (χ1n) is 11.9. The highest BCUT2D eigenvalue weighted by atomic mass is 35.5. The van der Waals surface area contributed by atoms with E-state index in [-0.39, 0.29) is 5.56 Å². The Balaban J connectivity index is 1.17. The largest absolute Gasteiger partial charge is 0.454 e. The molecule has 4 aromatic rings. The zero-order chi connectivity index (χ0) is 23.8.